The van der Waals surface area contributed by atoms with Crippen LogP contribution in [0.25, 0.3) is 0 Å². The van der Waals surface area contributed by atoms with Crippen molar-refractivity contribution in [2.45, 2.75) is 12.8 Å². The number of anilines is 1. The summed E-state index contributed by atoms with van der Waals surface area (Å²) in [5.74, 6) is -0.403. The molecule has 1 N–H and O–H groups in total. The molecule has 1 aromatic carbocycles. The molecule has 2 nitrogen and oxygen atoms in total. The first-order valence-corrected chi connectivity index (χ1v) is 4.74. The van der Waals surface area contributed by atoms with Gasteiger partial charge in [-0.2, -0.15) is 0 Å². The number of hydrogen-bond donors (Lipinski definition) is 1. The van der Waals surface area contributed by atoms with Gasteiger partial charge >= 0.3 is 0 Å². The van der Waals surface area contributed by atoms with Crippen molar-refractivity contribution in [1.82, 2.24) is 0 Å². The minimum absolute atomic E-state index is 0.0567. The fraction of sp³-hybridized carbons (Fsp3) is 0.222. The fourth-order valence-corrected chi connectivity index (χ4v) is 1.87. The number of amides is 1. The van der Waals surface area contributed by atoms with Gasteiger partial charge in [-0.3, -0.25) is 4.79 Å². The van der Waals surface area contributed by atoms with Gasteiger partial charge in [0.05, 0.1) is 10.2 Å². The van der Waals surface area contributed by atoms with Gasteiger partial charge in [-0.05, 0) is 34.0 Å². The predicted molar refractivity (Wildman–Crippen MR) is 51.1 cm³/mol. The molecule has 1 aromatic rings. The Balaban J connectivity index is 2.54. The molecule has 0 aliphatic carbocycles. The molecule has 1 aliphatic rings. The van der Waals surface area contributed by atoms with Crippen molar-refractivity contribution in [3.05, 3.63) is 28.0 Å². The van der Waals surface area contributed by atoms with Crippen molar-refractivity contribution in [3.8, 4) is 0 Å². The molecule has 0 radical (unpaired) electrons. The van der Waals surface area contributed by atoms with Crippen LogP contribution in [-0.2, 0) is 11.2 Å². The molecule has 68 valence electrons. The Morgan fingerprint density at radius 2 is 2.15 bits per heavy atom. The minimum Gasteiger partial charge on any atom is -0.325 e. The van der Waals surface area contributed by atoms with E-state index in [1.807, 2.05) is 0 Å². The van der Waals surface area contributed by atoms with Crippen LogP contribution in [-0.4, -0.2) is 5.91 Å². The number of rotatable bonds is 0. The van der Waals surface area contributed by atoms with Crippen molar-refractivity contribution in [2.24, 2.45) is 0 Å². The lowest BCUT2D eigenvalue weighted by Crippen LogP contribution is -2.19. The third-order valence-electron chi connectivity index (χ3n) is 2.07. The first-order valence-electron chi connectivity index (χ1n) is 3.95. The van der Waals surface area contributed by atoms with E-state index in [2.05, 4.69) is 21.2 Å². The van der Waals surface area contributed by atoms with Gasteiger partial charge in [-0.15, -0.1) is 0 Å². The summed E-state index contributed by atoms with van der Waals surface area (Å²) in [5, 5.41) is 2.64. The smallest absolute Gasteiger partial charge is 0.224 e. The van der Waals surface area contributed by atoms with Crippen LogP contribution >= 0.6 is 15.9 Å². The topological polar surface area (TPSA) is 29.1 Å². The summed E-state index contributed by atoms with van der Waals surface area (Å²) in [6.07, 6.45) is 1.16. The standard InChI is InChI=1S/C9H7BrFNO/c10-8-6(11)3-1-5-2-4-7(13)12-9(5)8/h1,3H,2,4H2,(H,12,13). The second-order valence-electron chi connectivity index (χ2n) is 2.94. The Morgan fingerprint density at radius 3 is 2.92 bits per heavy atom. The van der Waals surface area contributed by atoms with Crippen LogP contribution in [0.4, 0.5) is 10.1 Å². The van der Waals surface area contributed by atoms with Crippen LogP contribution in [0.5, 0.6) is 0 Å². The van der Waals surface area contributed by atoms with Crippen LogP contribution in [0.2, 0.25) is 0 Å². The van der Waals surface area contributed by atoms with E-state index in [0.717, 1.165) is 5.56 Å². The maximum atomic E-state index is 13.0. The molecule has 0 unspecified atom stereocenters. The van der Waals surface area contributed by atoms with Crippen LogP contribution in [0, 0.1) is 5.82 Å². The van der Waals surface area contributed by atoms with Crippen molar-refractivity contribution in [3.63, 3.8) is 0 Å². The maximum absolute atomic E-state index is 13.0. The van der Waals surface area contributed by atoms with Gasteiger partial charge < -0.3 is 5.32 Å². The highest BCUT2D eigenvalue weighted by Crippen LogP contribution is 2.32. The quantitative estimate of drug-likeness (QED) is 0.746. The highest BCUT2D eigenvalue weighted by molar-refractivity contribution is 9.10. The molecule has 2 rings (SSSR count). The first-order chi connectivity index (χ1) is 6.18. The third kappa shape index (κ3) is 1.46. The van der Waals surface area contributed by atoms with E-state index in [1.165, 1.54) is 6.07 Å². The number of benzene rings is 1. The molecular formula is C9H7BrFNO. The Labute approximate surface area is 83.3 Å². The molecular weight excluding hydrogens is 237 g/mol. The summed E-state index contributed by atoms with van der Waals surface area (Å²) in [7, 11) is 0. The van der Waals surface area contributed by atoms with Crippen LogP contribution < -0.4 is 5.32 Å². The molecule has 1 amide bonds. The maximum Gasteiger partial charge on any atom is 0.224 e. The number of carbonyl (C=O) groups excluding carboxylic acids is 1. The van der Waals surface area contributed by atoms with E-state index in [-0.39, 0.29) is 11.7 Å². The molecule has 0 bridgehead atoms. The second kappa shape index (κ2) is 3.10. The number of carbonyl (C=O) groups is 1. The normalized spacial score (nSPS) is 15.1. The van der Waals surface area contributed by atoms with E-state index < -0.39 is 0 Å². The van der Waals surface area contributed by atoms with Gasteiger partial charge in [0.15, 0.2) is 0 Å². The van der Waals surface area contributed by atoms with Crippen LogP contribution in [0.1, 0.15) is 12.0 Å². The molecule has 0 spiro atoms. The molecule has 0 fully saturated rings. The van der Waals surface area contributed by atoms with Crippen LogP contribution in [0.15, 0.2) is 16.6 Å². The summed E-state index contributed by atoms with van der Waals surface area (Å²) in [4.78, 5) is 11.0. The van der Waals surface area contributed by atoms with Gasteiger partial charge in [-0.1, -0.05) is 6.07 Å². The average Bonchev–Trinajstić information content (AvgIpc) is 2.12. The highest BCUT2D eigenvalue weighted by Gasteiger charge is 2.18. The van der Waals surface area contributed by atoms with E-state index in [0.29, 0.717) is 23.0 Å². The lowest BCUT2D eigenvalue weighted by atomic mass is 10.0. The molecule has 0 saturated heterocycles. The molecule has 1 aliphatic heterocycles. The van der Waals surface area contributed by atoms with Gasteiger partial charge in [-0.25, -0.2) is 4.39 Å². The summed E-state index contributed by atoms with van der Waals surface area (Å²) < 4.78 is 13.4. The molecule has 1 heterocycles. The number of fused-ring (bicyclic) bond motifs is 1. The van der Waals surface area contributed by atoms with E-state index in [9.17, 15) is 9.18 Å². The van der Waals surface area contributed by atoms with Crippen LogP contribution in [0.3, 0.4) is 0 Å². The zero-order valence-corrected chi connectivity index (χ0v) is 8.32. The summed E-state index contributed by atoms with van der Waals surface area (Å²) in [6, 6.07) is 3.11. The minimum atomic E-state index is -0.346. The number of halogens is 2. The van der Waals surface area contributed by atoms with Gasteiger partial charge in [0.25, 0.3) is 0 Å². The number of aryl methyl sites for hydroxylation is 1. The first kappa shape index (κ1) is 8.69. The summed E-state index contributed by atoms with van der Waals surface area (Å²) >= 11 is 3.10. The zero-order valence-electron chi connectivity index (χ0n) is 6.73. The molecule has 4 heteroatoms. The Hall–Kier alpha value is -0.900. The summed E-state index contributed by atoms with van der Waals surface area (Å²) in [5.41, 5.74) is 1.56. The number of nitrogens with one attached hydrogen (secondary N) is 1. The largest absolute Gasteiger partial charge is 0.325 e. The fourth-order valence-electron chi connectivity index (χ4n) is 1.38. The lowest BCUT2D eigenvalue weighted by molar-refractivity contribution is -0.116. The lowest BCUT2D eigenvalue weighted by Gasteiger charge is -2.17. The van der Waals surface area contributed by atoms with Gasteiger partial charge in [0.2, 0.25) is 5.91 Å². The Kier molecular flexibility index (Phi) is 2.07. The highest BCUT2D eigenvalue weighted by atomic mass is 79.9. The Bertz CT molecular complexity index is 378. The Morgan fingerprint density at radius 1 is 1.38 bits per heavy atom. The zero-order chi connectivity index (χ0) is 9.42. The monoisotopic (exact) mass is 243 g/mol. The van der Waals surface area contributed by atoms with Crippen molar-refractivity contribution in [2.75, 3.05) is 5.32 Å². The SMILES string of the molecule is O=C1CCc2ccc(F)c(Br)c2N1. The molecule has 13 heavy (non-hydrogen) atoms. The van der Waals surface area contributed by atoms with Gasteiger partial charge in [0, 0.05) is 6.42 Å². The molecule has 0 atom stereocenters. The van der Waals surface area contributed by atoms with Gasteiger partial charge in [0.1, 0.15) is 5.82 Å². The van der Waals surface area contributed by atoms with E-state index in [1.54, 1.807) is 6.07 Å². The van der Waals surface area contributed by atoms with E-state index in [4.69, 9.17) is 0 Å². The molecule has 0 aromatic heterocycles. The average molecular weight is 244 g/mol. The van der Waals surface area contributed by atoms with E-state index >= 15 is 0 Å². The van der Waals surface area contributed by atoms with Crippen molar-refractivity contribution >= 4 is 27.5 Å². The van der Waals surface area contributed by atoms with Crippen molar-refractivity contribution < 1.29 is 9.18 Å². The number of hydrogen-bond acceptors (Lipinski definition) is 1. The van der Waals surface area contributed by atoms with Crippen molar-refractivity contribution in [1.29, 1.82) is 0 Å². The summed E-state index contributed by atoms with van der Waals surface area (Å²) in [6.45, 7) is 0. The predicted octanol–water partition coefficient (Wildman–Crippen LogP) is 2.47. The molecule has 0 saturated carbocycles. The second-order valence-corrected chi connectivity index (χ2v) is 3.74. The third-order valence-corrected chi connectivity index (χ3v) is 2.84.